The second kappa shape index (κ2) is 8.72. The first-order chi connectivity index (χ1) is 21.9. The van der Waals surface area contributed by atoms with Gasteiger partial charge in [0.2, 0.25) is 0 Å². The third-order valence-electron chi connectivity index (χ3n) is 8.99. The number of hydrogen-bond donors (Lipinski definition) is 0. The molecule has 0 atom stereocenters. The van der Waals surface area contributed by atoms with Crippen molar-refractivity contribution >= 4 is 76.2 Å². The molecule has 204 valence electrons. The first kappa shape index (κ1) is 23.5. The van der Waals surface area contributed by atoms with Gasteiger partial charge in [0, 0.05) is 62.0 Å². The maximum absolute atomic E-state index is 5.36. The maximum atomic E-state index is 5.36. The molecule has 10 aromatic rings. The number of hydrogen-bond acceptors (Lipinski definition) is 3. The highest BCUT2D eigenvalue weighted by Crippen LogP contribution is 2.46. The molecule has 5 nitrogen and oxygen atoms in total. The molecule has 5 heterocycles. The normalized spacial score (nSPS) is 12.1. The molecule has 44 heavy (non-hydrogen) atoms. The molecule has 0 spiro atoms. The molecule has 0 aliphatic rings. The van der Waals surface area contributed by atoms with E-state index in [1.165, 1.54) is 26.9 Å². The fourth-order valence-electron chi connectivity index (χ4n) is 7.21. The summed E-state index contributed by atoms with van der Waals surface area (Å²) >= 11 is 0. The van der Waals surface area contributed by atoms with Crippen LogP contribution < -0.4 is 0 Å². The average Bonchev–Trinajstić information content (AvgIpc) is 3.62. The van der Waals surface area contributed by atoms with Crippen molar-refractivity contribution < 1.29 is 0 Å². The Hall–Kier alpha value is -6.07. The van der Waals surface area contributed by atoms with Gasteiger partial charge in [-0.15, -0.1) is 0 Å². The second-order valence-electron chi connectivity index (χ2n) is 11.3. The highest BCUT2D eigenvalue weighted by molar-refractivity contribution is 6.36. The summed E-state index contributed by atoms with van der Waals surface area (Å²) in [5, 5.41) is 9.23. The van der Waals surface area contributed by atoms with E-state index in [0.717, 1.165) is 60.8 Å². The minimum absolute atomic E-state index is 0.869. The van der Waals surface area contributed by atoms with Crippen molar-refractivity contribution in [3.05, 3.63) is 140 Å². The molecule has 5 aromatic heterocycles. The van der Waals surface area contributed by atoms with Crippen LogP contribution in [0.3, 0.4) is 0 Å². The number of nitrogens with zero attached hydrogens (tertiary/aromatic N) is 5. The number of pyridine rings is 3. The Balaban J connectivity index is 1.49. The number of benzene rings is 5. The molecule has 0 radical (unpaired) electrons. The number of fused-ring (bicyclic) bond motifs is 13. The molecule has 0 saturated carbocycles. The van der Waals surface area contributed by atoms with E-state index in [2.05, 4.69) is 129 Å². The predicted octanol–water partition coefficient (Wildman–Crippen LogP) is 9.53. The van der Waals surface area contributed by atoms with Crippen molar-refractivity contribution in [2.75, 3.05) is 0 Å². The van der Waals surface area contributed by atoms with Crippen LogP contribution in [-0.2, 0) is 0 Å². The van der Waals surface area contributed by atoms with Gasteiger partial charge in [0.05, 0.1) is 33.1 Å². The molecular weight excluding hydrogens is 538 g/mol. The van der Waals surface area contributed by atoms with Crippen molar-refractivity contribution in [1.29, 1.82) is 0 Å². The van der Waals surface area contributed by atoms with Gasteiger partial charge in [-0.1, -0.05) is 72.8 Å². The standard InChI is InChI=1S/C39H23N5/c1-2-10-26(11-3-1)43-31-14-6-5-13-29(31)35-38(43)30-23-40-22-20-27(30)34-28-12-4-7-15-32(28)44(39(34)35)33-19-18-25-17-16-24-9-8-21-41-36(24)37(25)42-33/h1-23H. The largest absolute Gasteiger partial charge is 0.308 e. The first-order valence-electron chi connectivity index (χ1n) is 14.8. The van der Waals surface area contributed by atoms with Crippen molar-refractivity contribution in [1.82, 2.24) is 24.1 Å². The van der Waals surface area contributed by atoms with E-state index < -0.39 is 0 Å². The zero-order valence-corrected chi connectivity index (χ0v) is 23.5. The van der Waals surface area contributed by atoms with E-state index in [4.69, 9.17) is 9.97 Å². The summed E-state index contributed by atoms with van der Waals surface area (Å²) in [6.07, 6.45) is 5.77. The smallest absolute Gasteiger partial charge is 0.138 e. The van der Waals surface area contributed by atoms with Gasteiger partial charge in [0.25, 0.3) is 0 Å². The molecule has 0 N–H and O–H groups in total. The third-order valence-corrected chi connectivity index (χ3v) is 8.99. The summed E-state index contributed by atoms with van der Waals surface area (Å²) in [6, 6.07) is 42.8. The lowest BCUT2D eigenvalue weighted by molar-refractivity contribution is 1.11. The van der Waals surface area contributed by atoms with Gasteiger partial charge in [-0.25, -0.2) is 4.98 Å². The third kappa shape index (κ3) is 3.05. The predicted molar refractivity (Wildman–Crippen MR) is 181 cm³/mol. The van der Waals surface area contributed by atoms with Crippen molar-refractivity contribution in [2.24, 2.45) is 0 Å². The van der Waals surface area contributed by atoms with Crippen LogP contribution in [0.25, 0.3) is 87.7 Å². The van der Waals surface area contributed by atoms with Gasteiger partial charge < -0.3 is 4.57 Å². The monoisotopic (exact) mass is 561 g/mol. The molecule has 0 saturated heterocycles. The zero-order valence-electron chi connectivity index (χ0n) is 23.5. The first-order valence-corrected chi connectivity index (χ1v) is 14.8. The Morgan fingerprint density at radius 2 is 1.16 bits per heavy atom. The van der Waals surface area contributed by atoms with E-state index in [9.17, 15) is 0 Å². The Morgan fingerprint density at radius 3 is 2.00 bits per heavy atom. The zero-order chi connectivity index (χ0) is 28.8. The molecule has 0 unspecified atom stereocenters. The van der Waals surface area contributed by atoms with Gasteiger partial charge >= 0.3 is 0 Å². The molecule has 10 rings (SSSR count). The molecule has 0 aliphatic carbocycles. The molecule has 5 heteroatoms. The topological polar surface area (TPSA) is 48.5 Å². The van der Waals surface area contributed by atoms with Crippen LogP contribution in [0.15, 0.2) is 140 Å². The summed E-state index contributed by atoms with van der Waals surface area (Å²) in [5.41, 5.74) is 7.49. The average molecular weight is 562 g/mol. The minimum Gasteiger partial charge on any atom is -0.308 e. The van der Waals surface area contributed by atoms with Crippen LogP contribution in [0.4, 0.5) is 0 Å². The SMILES string of the molecule is c1ccc(-n2c3ccccc3c3c2c2cnccc2c2c4ccccc4n(-c4ccc5ccc6cccnc6c5n4)c23)cc1. The Bertz CT molecular complexity index is 2770. The molecule has 0 amide bonds. The van der Waals surface area contributed by atoms with Crippen LogP contribution in [0.5, 0.6) is 0 Å². The summed E-state index contributed by atoms with van der Waals surface area (Å²) < 4.78 is 4.75. The second-order valence-corrected chi connectivity index (χ2v) is 11.3. The van der Waals surface area contributed by atoms with E-state index >= 15 is 0 Å². The highest BCUT2D eigenvalue weighted by Gasteiger charge is 2.24. The molecule has 5 aromatic carbocycles. The van der Waals surface area contributed by atoms with Gasteiger partial charge in [0.1, 0.15) is 5.82 Å². The van der Waals surface area contributed by atoms with E-state index in [-0.39, 0.29) is 0 Å². The van der Waals surface area contributed by atoms with Crippen molar-refractivity contribution in [2.45, 2.75) is 0 Å². The van der Waals surface area contributed by atoms with E-state index in [0.29, 0.717) is 0 Å². The molecule has 0 aliphatic heterocycles. The molecule has 0 fully saturated rings. The lowest BCUT2D eigenvalue weighted by atomic mass is 10.0. The molecular formula is C39H23N5. The fourth-order valence-corrected chi connectivity index (χ4v) is 7.21. The Kier molecular flexibility index (Phi) is 4.66. The van der Waals surface area contributed by atoms with Crippen LogP contribution in [0, 0.1) is 0 Å². The molecule has 0 bridgehead atoms. The minimum atomic E-state index is 0.869. The van der Waals surface area contributed by atoms with E-state index in [1.54, 1.807) is 0 Å². The Morgan fingerprint density at radius 1 is 0.455 bits per heavy atom. The van der Waals surface area contributed by atoms with Crippen LogP contribution >= 0.6 is 0 Å². The highest BCUT2D eigenvalue weighted by atomic mass is 15.1. The quantitative estimate of drug-likeness (QED) is 0.198. The number of rotatable bonds is 2. The number of para-hydroxylation sites is 3. The summed E-state index contributed by atoms with van der Waals surface area (Å²) in [6.45, 7) is 0. The van der Waals surface area contributed by atoms with Crippen LogP contribution in [0.1, 0.15) is 0 Å². The van der Waals surface area contributed by atoms with Gasteiger partial charge in [0.15, 0.2) is 0 Å². The Labute approximate surface area is 251 Å². The maximum Gasteiger partial charge on any atom is 0.138 e. The summed E-state index contributed by atoms with van der Waals surface area (Å²) in [4.78, 5) is 14.7. The number of aromatic nitrogens is 5. The lowest BCUT2D eigenvalue weighted by Crippen LogP contribution is -1.99. The summed E-state index contributed by atoms with van der Waals surface area (Å²) in [7, 11) is 0. The van der Waals surface area contributed by atoms with Crippen LogP contribution in [0.2, 0.25) is 0 Å². The van der Waals surface area contributed by atoms with Crippen LogP contribution in [-0.4, -0.2) is 24.1 Å². The van der Waals surface area contributed by atoms with E-state index in [1.807, 2.05) is 24.7 Å². The fraction of sp³-hybridized carbons (Fsp3) is 0. The van der Waals surface area contributed by atoms with Gasteiger partial charge in [-0.2, -0.15) is 0 Å². The van der Waals surface area contributed by atoms with Crippen molar-refractivity contribution in [3.63, 3.8) is 0 Å². The van der Waals surface area contributed by atoms with Gasteiger partial charge in [-0.05, 0) is 53.9 Å². The van der Waals surface area contributed by atoms with Crippen molar-refractivity contribution in [3.8, 4) is 11.5 Å². The van der Waals surface area contributed by atoms with Gasteiger partial charge in [-0.3, -0.25) is 14.5 Å². The lowest BCUT2D eigenvalue weighted by Gasteiger charge is -2.13. The summed E-state index contributed by atoms with van der Waals surface area (Å²) in [5.74, 6) is 0.869.